The van der Waals surface area contributed by atoms with Crippen molar-refractivity contribution in [2.24, 2.45) is 0 Å². The molecule has 3 aromatic rings. The molecule has 9 heteroatoms. The van der Waals surface area contributed by atoms with E-state index < -0.39 is 18.0 Å². The molecule has 0 saturated carbocycles. The molecule has 1 saturated heterocycles. The van der Waals surface area contributed by atoms with E-state index in [1.807, 2.05) is 24.4 Å². The third kappa shape index (κ3) is 5.63. The zero-order valence-electron chi connectivity index (χ0n) is 19.6. The number of rotatable bonds is 10. The van der Waals surface area contributed by atoms with Crippen molar-refractivity contribution < 1.29 is 23.9 Å². The second-order valence-corrected chi connectivity index (χ2v) is 8.94. The Bertz CT molecular complexity index is 1180. The minimum atomic E-state index is -0.906. The topological polar surface area (TPSA) is 88.2 Å². The molecule has 2 aromatic carbocycles. The van der Waals surface area contributed by atoms with E-state index in [-0.39, 0.29) is 12.3 Å². The zero-order chi connectivity index (χ0) is 24.8. The number of nitrogens with zero attached hydrogens (tertiary/aromatic N) is 2. The molecule has 2 heterocycles. The zero-order valence-corrected chi connectivity index (χ0v) is 20.4. The van der Waals surface area contributed by atoms with E-state index in [9.17, 15) is 14.4 Å². The number of carbonyl (C=O) groups is 3. The van der Waals surface area contributed by atoms with Gasteiger partial charge in [0.25, 0.3) is 5.91 Å². The van der Waals surface area contributed by atoms with Gasteiger partial charge in [0.15, 0.2) is 0 Å². The van der Waals surface area contributed by atoms with Gasteiger partial charge in [-0.3, -0.25) is 9.59 Å². The maximum absolute atomic E-state index is 13.4. The number of thiophene rings is 1. The predicted molar refractivity (Wildman–Crippen MR) is 135 cm³/mol. The number of benzene rings is 2. The number of urea groups is 1. The van der Waals surface area contributed by atoms with Crippen molar-refractivity contribution in [2.45, 2.75) is 25.8 Å². The summed E-state index contributed by atoms with van der Waals surface area (Å²) in [5, 5.41) is 4.78. The maximum Gasteiger partial charge on any atom is 0.332 e. The Morgan fingerprint density at radius 2 is 1.86 bits per heavy atom. The van der Waals surface area contributed by atoms with Crippen LogP contribution < -0.4 is 19.7 Å². The molecule has 8 nitrogen and oxygen atoms in total. The molecule has 1 aliphatic heterocycles. The van der Waals surface area contributed by atoms with Crippen LogP contribution >= 0.6 is 11.3 Å². The van der Waals surface area contributed by atoms with Crippen LogP contribution in [0.1, 0.15) is 18.2 Å². The van der Waals surface area contributed by atoms with Crippen molar-refractivity contribution in [1.82, 2.24) is 4.90 Å². The molecule has 1 atom stereocenters. The molecule has 1 N–H and O–H groups in total. The molecule has 35 heavy (non-hydrogen) atoms. The second-order valence-electron chi connectivity index (χ2n) is 7.91. The number of carbonyl (C=O) groups excluding carboxylic acids is 3. The van der Waals surface area contributed by atoms with E-state index in [1.165, 1.54) is 12.0 Å². The summed E-state index contributed by atoms with van der Waals surface area (Å²) in [6, 6.07) is 16.4. The summed E-state index contributed by atoms with van der Waals surface area (Å²) < 4.78 is 10.7. The first-order valence-electron chi connectivity index (χ1n) is 11.3. The number of hydrogen-bond acceptors (Lipinski definition) is 6. The third-order valence-electron chi connectivity index (χ3n) is 5.64. The quantitative estimate of drug-likeness (QED) is 0.418. The first-order valence-corrected chi connectivity index (χ1v) is 12.2. The molecule has 0 bridgehead atoms. The average molecular weight is 494 g/mol. The maximum atomic E-state index is 13.4. The molecular formula is C26H27N3O5S. The van der Waals surface area contributed by atoms with Crippen LogP contribution in [0.25, 0.3) is 0 Å². The van der Waals surface area contributed by atoms with E-state index in [1.54, 1.807) is 59.9 Å². The van der Waals surface area contributed by atoms with Gasteiger partial charge in [-0.1, -0.05) is 12.1 Å². The molecule has 0 aliphatic carbocycles. The van der Waals surface area contributed by atoms with Crippen molar-refractivity contribution in [1.29, 1.82) is 0 Å². The summed E-state index contributed by atoms with van der Waals surface area (Å²) in [5.41, 5.74) is 1.000. The molecule has 4 amide bonds. The third-order valence-corrected chi connectivity index (χ3v) is 6.57. The smallest absolute Gasteiger partial charge is 0.332 e. The number of nitrogens with one attached hydrogen (secondary N) is 1. The highest BCUT2D eigenvalue weighted by Crippen LogP contribution is 2.30. The Morgan fingerprint density at radius 1 is 1.06 bits per heavy atom. The normalized spacial score (nSPS) is 15.4. The lowest BCUT2D eigenvalue weighted by atomic mass is 10.1. The summed E-state index contributed by atoms with van der Waals surface area (Å²) >= 11 is 1.59. The van der Waals surface area contributed by atoms with Crippen LogP contribution in [0.3, 0.4) is 0 Å². The number of anilines is 2. The Kier molecular flexibility index (Phi) is 7.67. The number of imide groups is 1. The minimum Gasteiger partial charge on any atom is -0.497 e. The highest BCUT2D eigenvalue weighted by molar-refractivity contribution is 7.09. The number of methoxy groups -OCH3 is 1. The van der Waals surface area contributed by atoms with E-state index >= 15 is 0 Å². The van der Waals surface area contributed by atoms with Gasteiger partial charge in [0.2, 0.25) is 5.91 Å². The summed E-state index contributed by atoms with van der Waals surface area (Å²) in [6.07, 6.45) is 0.447. The molecule has 0 radical (unpaired) electrons. The van der Waals surface area contributed by atoms with Crippen molar-refractivity contribution in [3.8, 4) is 11.5 Å². The Balaban J connectivity index is 1.53. The SMILES string of the molecule is CCOc1ccc(NC(=O)CC2C(=O)N(c3cccc(OC)c3)C(=O)N2CCc2cccs2)cc1. The second kappa shape index (κ2) is 11.1. The van der Waals surface area contributed by atoms with Crippen molar-refractivity contribution >= 4 is 40.6 Å². The van der Waals surface area contributed by atoms with E-state index in [4.69, 9.17) is 9.47 Å². The van der Waals surface area contributed by atoms with Crippen LogP contribution in [0, 0.1) is 0 Å². The van der Waals surface area contributed by atoms with Gasteiger partial charge in [0.05, 0.1) is 25.8 Å². The first-order chi connectivity index (χ1) is 17.0. The number of ether oxygens (including phenoxy) is 2. The van der Waals surface area contributed by atoms with Crippen LogP contribution in [0.15, 0.2) is 66.0 Å². The Labute approximate surface area is 208 Å². The highest BCUT2D eigenvalue weighted by atomic mass is 32.1. The van der Waals surface area contributed by atoms with Crippen LogP contribution in [0.2, 0.25) is 0 Å². The summed E-state index contributed by atoms with van der Waals surface area (Å²) in [5.74, 6) is 0.450. The first kappa shape index (κ1) is 24.3. The number of hydrogen-bond donors (Lipinski definition) is 1. The van der Waals surface area contributed by atoms with Crippen molar-refractivity contribution in [3.63, 3.8) is 0 Å². The largest absolute Gasteiger partial charge is 0.497 e. The van der Waals surface area contributed by atoms with Crippen LogP contribution in [0.4, 0.5) is 16.2 Å². The Morgan fingerprint density at radius 3 is 2.54 bits per heavy atom. The van der Waals surface area contributed by atoms with Crippen LogP contribution in [0.5, 0.6) is 11.5 Å². The summed E-state index contributed by atoms with van der Waals surface area (Å²) in [6.45, 7) is 2.77. The van der Waals surface area contributed by atoms with E-state index in [2.05, 4.69) is 5.32 Å². The molecule has 1 unspecified atom stereocenters. The fourth-order valence-electron chi connectivity index (χ4n) is 3.95. The molecule has 1 fully saturated rings. The average Bonchev–Trinajstić information content (AvgIpc) is 3.46. The number of amides is 4. The minimum absolute atomic E-state index is 0.150. The van der Waals surface area contributed by atoms with Crippen molar-refractivity contribution in [2.75, 3.05) is 30.5 Å². The molecule has 4 rings (SSSR count). The summed E-state index contributed by atoms with van der Waals surface area (Å²) in [4.78, 5) is 43.4. The molecule has 1 aromatic heterocycles. The van der Waals surface area contributed by atoms with Gasteiger partial charge >= 0.3 is 6.03 Å². The van der Waals surface area contributed by atoms with E-state index in [0.717, 1.165) is 9.78 Å². The fraction of sp³-hybridized carbons (Fsp3) is 0.269. The van der Waals surface area contributed by atoms with Gasteiger partial charge in [-0.05, 0) is 61.2 Å². The lowest BCUT2D eigenvalue weighted by Crippen LogP contribution is -2.39. The fourth-order valence-corrected chi connectivity index (χ4v) is 4.65. The van der Waals surface area contributed by atoms with Crippen LogP contribution in [-0.2, 0) is 16.0 Å². The van der Waals surface area contributed by atoms with Gasteiger partial charge in [0.1, 0.15) is 17.5 Å². The van der Waals surface area contributed by atoms with Gasteiger partial charge in [-0.25, -0.2) is 9.69 Å². The lowest BCUT2D eigenvalue weighted by molar-refractivity contribution is -0.124. The highest BCUT2D eigenvalue weighted by Gasteiger charge is 2.46. The lowest BCUT2D eigenvalue weighted by Gasteiger charge is -2.21. The molecule has 182 valence electrons. The van der Waals surface area contributed by atoms with E-state index in [0.29, 0.717) is 42.4 Å². The molecule has 1 aliphatic rings. The molecular weight excluding hydrogens is 466 g/mol. The van der Waals surface area contributed by atoms with Gasteiger partial charge in [-0.2, -0.15) is 0 Å². The van der Waals surface area contributed by atoms with Gasteiger partial charge < -0.3 is 19.7 Å². The predicted octanol–water partition coefficient (Wildman–Crippen LogP) is 4.56. The van der Waals surface area contributed by atoms with Crippen LogP contribution in [-0.4, -0.2) is 49.0 Å². The standard InChI is InChI=1S/C26H27N3O5S/c1-3-34-20-11-9-18(10-12-20)27-24(30)17-23-25(31)29(19-6-4-7-21(16-19)33-2)26(32)28(23)14-13-22-8-5-15-35-22/h4-12,15-16,23H,3,13-14,17H2,1-2H3,(H,27,30). The Hall–Kier alpha value is -3.85. The molecule has 0 spiro atoms. The summed E-state index contributed by atoms with van der Waals surface area (Å²) in [7, 11) is 1.52. The monoisotopic (exact) mass is 493 g/mol. The van der Waals surface area contributed by atoms with Gasteiger partial charge in [0, 0.05) is 23.2 Å². The van der Waals surface area contributed by atoms with Crippen molar-refractivity contribution in [3.05, 3.63) is 70.9 Å². The van der Waals surface area contributed by atoms with Gasteiger partial charge in [-0.15, -0.1) is 11.3 Å².